The Balaban J connectivity index is -0.0000000640. The quantitative estimate of drug-likeness (QED) is 0.0166. The summed E-state index contributed by atoms with van der Waals surface area (Å²) < 4.78 is 112. The predicted octanol–water partition coefficient (Wildman–Crippen LogP) is 12.8. The van der Waals surface area contributed by atoms with Gasteiger partial charge in [0.2, 0.25) is 8.59 Å². The highest BCUT2D eigenvalue weighted by Crippen LogP contribution is 2.66. The number of hydrogen-bond acceptors (Lipinski definition) is 24. The van der Waals surface area contributed by atoms with Gasteiger partial charge in [0, 0.05) is 110 Å². The Morgan fingerprint density at radius 3 is 1.27 bits per heavy atom. The molecule has 2 heterocycles. The maximum atomic E-state index is 12.5. The average Bonchev–Trinajstić information content (AvgIpc) is 3.95. The summed E-state index contributed by atoms with van der Waals surface area (Å²) in [5.41, 5.74) is 0. The van der Waals surface area contributed by atoms with Crippen LogP contribution < -0.4 is 0 Å². The molecule has 2 unspecified atom stereocenters. The van der Waals surface area contributed by atoms with E-state index in [0.717, 1.165) is 30.7 Å². The molecule has 0 spiro atoms. The van der Waals surface area contributed by atoms with E-state index >= 15 is 0 Å². The fourth-order valence-corrected chi connectivity index (χ4v) is 16.3. The minimum Gasteiger partial charge on any atom is -0.400 e. The van der Waals surface area contributed by atoms with E-state index in [1.807, 2.05) is 4.67 Å². The SMILES string of the molecule is C1COSC1.CC(C)N(C(C)C)P1(=O)OCCCS1.[2H]CS.[2H]CS.[2H]CSP(C)N(C(C)C)C(C)C.[2H]CSSCO.[2H]CSSCOP(C)C.[2H]CSSCOP(C)C.[3H]OC.[3H]OC.[3H]OC.[3H]OC.[3H]OC.[3H]OC. The molecule has 0 aromatic carbocycles. The second-order valence-corrected chi connectivity index (χ2v) is 30.7. The molecule has 7 N–H and O–H groups in total. The normalized spacial score (nSPS) is 16.5. The summed E-state index contributed by atoms with van der Waals surface area (Å²) in [4.78, 5) is 0. The number of rotatable bonds is 17. The highest BCUT2D eigenvalue weighted by atomic mass is 33.1. The third kappa shape index (κ3) is 93.8. The van der Waals surface area contributed by atoms with Gasteiger partial charge in [-0.15, -0.1) is 11.4 Å². The van der Waals surface area contributed by atoms with Crippen LogP contribution >= 0.6 is 155 Å². The van der Waals surface area contributed by atoms with Gasteiger partial charge in [0.15, 0.2) is 0 Å². The van der Waals surface area contributed by atoms with Gasteiger partial charge in [-0.05, 0) is 151 Å². The van der Waals surface area contributed by atoms with E-state index < -0.39 is 6.72 Å². The molecular formula is C38H106N2O12P4S11. The predicted molar refractivity (Wildman–Crippen MR) is 343 cm³/mol. The molecule has 67 heavy (non-hydrogen) atoms. The molecule has 0 radical (unpaired) electrons. The summed E-state index contributed by atoms with van der Waals surface area (Å²) >= 11 is 11.7. The van der Waals surface area contributed by atoms with Crippen LogP contribution in [0.15, 0.2) is 0 Å². The van der Waals surface area contributed by atoms with Crippen LogP contribution in [-0.4, -0.2) is 234 Å². The standard InChI is InChI=1S/C9H20NO2PS.C8H20NPS.2C4H11OPS2.C3H6OS.C2H6OS2.6CH4O.2CH4S/c1-8(2)10(9(3)4)13(11)12-6-5-7-14-13;1-7(2)9(8(3)4)10(5)11-6;2*1-6(2)5-4-8-7-3;1-2-4-5-3-1;1-4-5-2-3;8*1-2/h8-9H,5-7H2,1-4H3;7-8H,1-6H3;2*4H2,1-3H3;1-3H2;3H,2H2,1H3;8*2H,1H3/i;6D;2*3D;;1D;6*2T;2*1D. The minimum atomic E-state index is -2.59. The summed E-state index contributed by atoms with van der Waals surface area (Å²) in [6.07, 6.45) is 4.28. The molecule has 0 aromatic rings. The molecule has 2 rings (SSSR count). The summed E-state index contributed by atoms with van der Waals surface area (Å²) in [5.74, 6) is 3.71. The first-order valence-electron chi connectivity index (χ1n) is 25.9. The molecule has 2 saturated heterocycles. The van der Waals surface area contributed by atoms with Gasteiger partial charge >= 0.3 is 6.72 Å². The van der Waals surface area contributed by atoms with Crippen molar-refractivity contribution in [2.75, 3.05) is 156 Å². The lowest BCUT2D eigenvalue weighted by molar-refractivity contribution is 0.226. The van der Waals surface area contributed by atoms with Crippen LogP contribution in [0.4, 0.5) is 0 Å². The fourth-order valence-electron chi connectivity index (χ4n) is 3.72. The Morgan fingerprint density at radius 2 is 1.06 bits per heavy atom. The number of aliphatic hydroxyl groups is 7. The Bertz CT molecular complexity index is 938. The van der Waals surface area contributed by atoms with Crippen molar-refractivity contribution >= 4 is 155 Å². The van der Waals surface area contributed by atoms with Crippen LogP contribution in [0.25, 0.3) is 0 Å². The largest absolute Gasteiger partial charge is 0.400 e. The van der Waals surface area contributed by atoms with Crippen LogP contribution in [0, 0.1) is 0 Å². The average molecular weight is 1280 g/mol. The monoisotopic (exact) mass is 1280 g/mol. The van der Waals surface area contributed by atoms with Gasteiger partial charge in [-0.1, -0.05) is 76.1 Å². The summed E-state index contributed by atoms with van der Waals surface area (Å²) in [7, 11) is 16.0. The summed E-state index contributed by atoms with van der Waals surface area (Å²) in [6, 6.07) is 1.73. The maximum absolute atomic E-state index is 12.5. The van der Waals surface area contributed by atoms with E-state index in [9.17, 15) is 4.57 Å². The van der Waals surface area contributed by atoms with Crippen LogP contribution in [0.3, 0.4) is 0 Å². The molecule has 0 aliphatic carbocycles. The van der Waals surface area contributed by atoms with E-state index in [1.54, 1.807) is 45.0 Å². The topological polar surface area (TPSA) is 202 Å². The smallest absolute Gasteiger partial charge is 0.329 e. The van der Waals surface area contributed by atoms with Crippen LogP contribution in [0.1, 0.15) is 76.5 Å². The van der Waals surface area contributed by atoms with E-state index in [2.05, 4.69) is 149 Å². The number of nitrogens with zero attached hydrogens (tertiary/aromatic N) is 2. The zero-order valence-corrected chi connectivity index (χ0v) is 56.8. The zero-order valence-electron chi connectivity index (χ0n) is 56.1. The van der Waals surface area contributed by atoms with Crippen LogP contribution in [0.2, 0.25) is 0 Å². The lowest BCUT2D eigenvalue weighted by Gasteiger charge is -2.37. The van der Waals surface area contributed by atoms with E-state index in [0.29, 0.717) is 43.6 Å². The van der Waals surface area contributed by atoms with E-state index in [4.69, 9.17) is 39.7 Å². The molecule has 2 atom stereocenters. The Labute approximate surface area is 484 Å². The Hall–Kier alpha value is 4.85. The number of aliphatic hydroxyl groups excluding tert-OH is 7. The molecule has 29 heteroatoms. The second-order valence-electron chi connectivity index (χ2n) is 11.2. The van der Waals surface area contributed by atoms with Crippen molar-refractivity contribution in [1.82, 2.24) is 9.34 Å². The van der Waals surface area contributed by atoms with Crippen LogP contribution in [0.5, 0.6) is 0 Å². The molecular weight excluding hydrogens is 1150 g/mol. The lowest BCUT2D eigenvalue weighted by Crippen LogP contribution is -2.34. The fraction of sp³-hybridized carbons (Fsp3) is 1.00. The molecule has 14 nitrogen and oxygen atoms in total. The molecule has 0 saturated carbocycles. The summed E-state index contributed by atoms with van der Waals surface area (Å²) in [6.45, 7) is 26.7. The second kappa shape index (κ2) is 96.5. The third-order valence-corrected chi connectivity index (χ3v) is 20.0. The molecule has 2 fully saturated rings. The lowest BCUT2D eigenvalue weighted by atomic mass is 10.3. The first-order valence-corrected chi connectivity index (χ1v) is 39.6. The third-order valence-electron chi connectivity index (χ3n) is 5.27. The number of thiol groups is 2. The van der Waals surface area contributed by atoms with Crippen molar-refractivity contribution in [3.63, 3.8) is 0 Å². The zero-order chi connectivity index (χ0) is 64.7. The van der Waals surface area contributed by atoms with Gasteiger partial charge < -0.3 is 53.5 Å². The van der Waals surface area contributed by atoms with E-state index in [1.165, 1.54) is 109 Å². The molecule has 0 bridgehead atoms. The molecule has 426 valence electrons. The van der Waals surface area contributed by atoms with Crippen molar-refractivity contribution in [2.24, 2.45) is 0 Å². The first-order chi connectivity index (χ1) is 37.2. The van der Waals surface area contributed by atoms with Gasteiger partial charge in [0.25, 0.3) is 0 Å². The van der Waals surface area contributed by atoms with Crippen molar-refractivity contribution in [3.05, 3.63) is 0 Å². The van der Waals surface area contributed by atoms with Crippen molar-refractivity contribution in [2.45, 2.75) is 92.4 Å². The van der Waals surface area contributed by atoms with Crippen LogP contribution in [-0.2, 0) is 22.3 Å². The highest BCUT2D eigenvalue weighted by molar-refractivity contribution is 8.77. The van der Waals surface area contributed by atoms with Crippen molar-refractivity contribution < 1.29 is 66.3 Å². The van der Waals surface area contributed by atoms with E-state index in [-0.39, 0.29) is 54.1 Å². The minimum absolute atomic E-state index is 0.115. The highest BCUT2D eigenvalue weighted by Gasteiger charge is 2.38. The molecule has 0 amide bonds. The Morgan fingerprint density at radius 1 is 0.687 bits per heavy atom. The maximum Gasteiger partial charge on any atom is 0.329 e. The van der Waals surface area contributed by atoms with Gasteiger partial charge in [0.05, 0.1) is 19.2 Å². The van der Waals surface area contributed by atoms with Gasteiger partial charge in [-0.3, -0.25) is 9.24 Å². The van der Waals surface area contributed by atoms with Gasteiger partial charge in [0.1, 0.15) is 11.9 Å². The van der Waals surface area contributed by atoms with Crippen molar-refractivity contribution in [3.8, 4) is 0 Å². The Kier molecular flexibility index (Phi) is 101. The molecule has 0 aromatic heterocycles. The summed E-state index contributed by atoms with van der Waals surface area (Å²) in [5, 5.41) is 29.1. The van der Waals surface area contributed by atoms with Gasteiger partial charge in [-0.25, -0.2) is 4.67 Å². The van der Waals surface area contributed by atoms with Crippen molar-refractivity contribution in [1.29, 1.82) is 8.59 Å². The van der Waals surface area contributed by atoms with Gasteiger partial charge in [-0.2, -0.15) is 25.3 Å². The molecule has 2 aliphatic heterocycles. The first kappa shape index (κ1) is 69.9. The molecule has 2 aliphatic rings. The number of hydrogen-bond donors (Lipinski definition) is 9.